The predicted octanol–water partition coefficient (Wildman–Crippen LogP) is 4.96. The average molecular weight is 505 g/mol. The Kier molecular flexibility index (Phi) is 8.43. The van der Waals surface area contributed by atoms with E-state index in [0.29, 0.717) is 53.6 Å². The molecule has 4 aromatic rings. The molecule has 8 heteroatoms. The predicted molar refractivity (Wildman–Crippen MR) is 139 cm³/mol. The van der Waals surface area contributed by atoms with Gasteiger partial charge in [-0.3, -0.25) is 4.79 Å². The molecule has 1 aromatic heterocycles. The van der Waals surface area contributed by atoms with E-state index >= 15 is 0 Å². The van der Waals surface area contributed by atoms with E-state index in [1.54, 1.807) is 36.4 Å². The topological polar surface area (TPSA) is 104 Å². The lowest BCUT2D eigenvalue weighted by Crippen LogP contribution is -2.24. The Morgan fingerprint density at radius 1 is 0.919 bits per heavy atom. The number of ether oxygens (including phenoxy) is 4. The molecule has 0 aliphatic rings. The fourth-order valence-corrected chi connectivity index (χ4v) is 3.84. The first-order valence-corrected chi connectivity index (χ1v) is 11.8. The van der Waals surface area contributed by atoms with Crippen LogP contribution in [-0.2, 0) is 16.0 Å². The summed E-state index contributed by atoms with van der Waals surface area (Å²) in [6.07, 6.45) is -0.121. The second kappa shape index (κ2) is 12.1. The van der Waals surface area contributed by atoms with E-state index in [4.69, 9.17) is 23.4 Å². The quantitative estimate of drug-likeness (QED) is 0.270. The number of carbonyl (C=O) groups is 1. The van der Waals surface area contributed by atoms with Crippen molar-refractivity contribution in [3.63, 3.8) is 0 Å². The normalized spacial score (nSPS) is 11.7. The van der Waals surface area contributed by atoms with Crippen molar-refractivity contribution in [3.05, 3.63) is 88.6 Å². The van der Waals surface area contributed by atoms with Crippen molar-refractivity contribution in [3.8, 4) is 28.6 Å². The molecule has 0 aliphatic heterocycles. The van der Waals surface area contributed by atoms with Crippen LogP contribution in [-0.4, -0.2) is 44.6 Å². The summed E-state index contributed by atoms with van der Waals surface area (Å²) in [5, 5.41) is 9.63. The molecule has 0 aliphatic carbocycles. The second-order valence-electron chi connectivity index (χ2n) is 8.30. The molecule has 0 fully saturated rings. The van der Waals surface area contributed by atoms with Crippen molar-refractivity contribution in [2.75, 3.05) is 27.4 Å². The molecule has 192 valence electrons. The van der Waals surface area contributed by atoms with Gasteiger partial charge < -0.3 is 28.5 Å². The third kappa shape index (κ3) is 6.48. The summed E-state index contributed by atoms with van der Waals surface area (Å²) in [4.78, 5) is 23.9. The molecule has 1 N–H and O–H groups in total. The van der Waals surface area contributed by atoms with Crippen LogP contribution in [0.2, 0.25) is 0 Å². The van der Waals surface area contributed by atoms with Gasteiger partial charge in [-0.25, -0.2) is 4.79 Å². The van der Waals surface area contributed by atoms with Crippen molar-refractivity contribution in [2.24, 2.45) is 0 Å². The molecule has 0 unspecified atom stereocenters. The van der Waals surface area contributed by atoms with E-state index in [2.05, 4.69) is 0 Å². The molecule has 0 radical (unpaired) electrons. The minimum Gasteiger partial charge on any atom is -0.493 e. The number of carboxylic acid groups (broad SMARTS) is 1. The Morgan fingerprint density at radius 3 is 2.43 bits per heavy atom. The lowest BCUT2D eigenvalue weighted by atomic mass is 10.1. The maximum atomic E-state index is 12.7. The number of aliphatic carboxylic acids is 1. The smallest absolute Gasteiger partial charge is 0.333 e. The zero-order valence-electron chi connectivity index (χ0n) is 20.6. The zero-order valence-corrected chi connectivity index (χ0v) is 20.6. The van der Waals surface area contributed by atoms with Gasteiger partial charge in [-0.15, -0.1) is 0 Å². The molecule has 0 bridgehead atoms. The summed E-state index contributed by atoms with van der Waals surface area (Å²) in [7, 11) is 2.89. The lowest BCUT2D eigenvalue weighted by molar-refractivity contribution is -0.148. The molecule has 8 nitrogen and oxygen atoms in total. The molecular weight excluding hydrogens is 476 g/mol. The van der Waals surface area contributed by atoms with Crippen molar-refractivity contribution in [1.29, 1.82) is 0 Å². The van der Waals surface area contributed by atoms with Crippen LogP contribution in [0.1, 0.15) is 12.0 Å². The van der Waals surface area contributed by atoms with Crippen LogP contribution in [0.3, 0.4) is 0 Å². The van der Waals surface area contributed by atoms with Gasteiger partial charge in [0.1, 0.15) is 17.1 Å². The summed E-state index contributed by atoms with van der Waals surface area (Å²) in [6, 6.07) is 21.4. The highest BCUT2D eigenvalue weighted by molar-refractivity contribution is 5.80. The van der Waals surface area contributed by atoms with Crippen LogP contribution in [0.4, 0.5) is 0 Å². The van der Waals surface area contributed by atoms with E-state index in [1.165, 1.54) is 20.3 Å². The number of carboxylic acids is 1. The number of methoxy groups -OCH3 is 2. The highest BCUT2D eigenvalue weighted by Crippen LogP contribution is 2.29. The third-order valence-corrected chi connectivity index (χ3v) is 5.78. The van der Waals surface area contributed by atoms with Crippen LogP contribution in [0.15, 0.2) is 82.0 Å². The minimum atomic E-state index is -1.02. The first-order valence-electron chi connectivity index (χ1n) is 11.8. The van der Waals surface area contributed by atoms with Gasteiger partial charge in [0.05, 0.1) is 25.7 Å². The van der Waals surface area contributed by atoms with E-state index < -0.39 is 12.1 Å². The van der Waals surface area contributed by atoms with Gasteiger partial charge in [0.2, 0.25) is 0 Å². The SMILES string of the molecule is COc1cc(C[C@H](OC)C(=O)O)ccc1OCCCOc1ccc2oc(-c3ccccc3)cc(=O)c2c1. The van der Waals surface area contributed by atoms with Gasteiger partial charge >= 0.3 is 5.97 Å². The molecule has 0 spiro atoms. The van der Waals surface area contributed by atoms with Gasteiger partial charge in [0, 0.05) is 31.6 Å². The third-order valence-electron chi connectivity index (χ3n) is 5.78. The largest absolute Gasteiger partial charge is 0.493 e. The van der Waals surface area contributed by atoms with Crippen molar-refractivity contribution >= 4 is 16.9 Å². The Morgan fingerprint density at radius 2 is 1.70 bits per heavy atom. The van der Waals surface area contributed by atoms with Crippen LogP contribution < -0.4 is 19.6 Å². The second-order valence-corrected chi connectivity index (χ2v) is 8.30. The summed E-state index contributed by atoms with van der Waals surface area (Å²) >= 11 is 0. The van der Waals surface area contributed by atoms with Crippen LogP contribution >= 0.6 is 0 Å². The first kappa shape index (κ1) is 25.8. The number of hydrogen-bond acceptors (Lipinski definition) is 7. The molecule has 4 rings (SSSR count). The molecule has 0 saturated heterocycles. The van der Waals surface area contributed by atoms with Gasteiger partial charge in [-0.1, -0.05) is 36.4 Å². The fraction of sp³-hybridized carbons (Fsp3) is 0.241. The van der Waals surface area contributed by atoms with Crippen molar-refractivity contribution in [1.82, 2.24) is 0 Å². The fourth-order valence-electron chi connectivity index (χ4n) is 3.84. The lowest BCUT2D eigenvalue weighted by Gasteiger charge is -2.14. The van der Waals surface area contributed by atoms with Gasteiger partial charge in [-0.05, 0) is 35.9 Å². The summed E-state index contributed by atoms with van der Waals surface area (Å²) < 4.78 is 28.0. The standard InChI is InChI=1S/C29H28O8/c1-33-27-15-19(16-28(34-2)29(31)32)9-11-25(27)36-14-6-13-35-21-10-12-24-22(17-21)23(30)18-26(37-24)20-7-4-3-5-8-20/h3-5,7-12,15,17-18,28H,6,13-14,16H2,1-2H3,(H,31,32)/t28-/m0/s1. The number of benzene rings is 3. The molecule has 1 heterocycles. The highest BCUT2D eigenvalue weighted by atomic mass is 16.5. The summed E-state index contributed by atoms with van der Waals surface area (Å²) in [5.74, 6) is 1.13. The van der Waals surface area contributed by atoms with Gasteiger partial charge in [0.25, 0.3) is 0 Å². The molecular formula is C29H28O8. The summed E-state index contributed by atoms with van der Waals surface area (Å²) in [5.41, 5.74) is 1.97. The van der Waals surface area contributed by atoms with E-state index in [0.717, 1.165) is 11.1 Å². The van der Waals surface area contributed by atoms with Crippen LogP contribution in [0, 0.1) is 0 Å². The molecule has 0 amide bonds. The van der Waals surface area contributed by atoms with Gasteiger partial charge in [0.15, 0.2) is 23.0 Å². The maximum Gasteiger partial charge on any atom is 0.333 e. The number of fused-ring (bicyclic) bond motifs is 1. The zero-order chi connectivity index (χ0) is 26.2. The highest BCUT2D eigenvalue weighted by Gasteiger charge is 2.18. The Labute approximate surface area is 214 Å². The molecule has 3 aromatic carbocycles. The Bertz CT molecular complexity index is 1410. The Hall–Kier alpha value is -4.30. The van der Waals surface area contributed by atoms with E-state index in [1.807, 2.05) is 30.3 Å². The first-order chi connectivity index (χ1) is 18.0. The summed E-state index contributed by atoms with van der Waals surface area (Å²) in [6.45, 7) is 0.759. The average Bonchev–Trinajstić information content (AvgIpc) is 2.92. The minimum absolute atomic E-state index is 0.135. The van der Waals surface area contributed by atoms with E-state index in [9.17, 15) is 14.7 Å². The van der Waals surface area contributed by atoms with Crippen LogP contribution in [0.25, 0.3) is 22.3 Å². The molecule has 37 heavy (non-hydrogen) atoms. The molecule has 0 saturated carbocycles. The van der Waals surface area contributed by atoms with Crippen molar-refractivity contribution < 1.29 is 33.3 Å². The number of hydrogen-bond donors (Lipinski definition) is 1. The maximum absolute atomic E-state index is 12.7. The Balaban J connectivity index is 1.32. The van der Waals surface area contributed by atoms with E-state index in [-0.39, 0.29) is 11.8 Å². The van der Waals surface area contributed by atoms with Crippen molar-refractivity contribution in [2.45, 2.75) is 18.9 Å². The van der Waals surface area contributed by atoms with Crippen LogP contribution in [0.5, 0.6) is 17.2 Å². The van der Waals surface area contributed by atoms with Gasteiger partial charge in [-0.2, -0.15) is 0 Å². The number of rotatable bonds is 12. The molecule has 1 atom stereocenters. The monoisotopic (exact) mass is 504 g/mol.